The number of benzene rings is 2. The summed E-state index contributed by atoms with van der Waals surface area (Å²) in [4.78, 5) is 43.0. The third-order valence-corrected chi connectivity index (χ3v) is 6.47. The van der Waals surface area contributed by atoms with Gasteiger partial charge in [-0.3, -0.25) is 9.59 Å². The maximum absolute atomic E-state index is 14.5. The molecular formula is C34H51N3O4. The van der Waals surface area contributed by atoms with Crippen LogP contribution >= 0.6 is 0 Å². The molecule has 0 fully saturated rings. The first kappa shape index (κ1) is 33.9. The van der Waals surface area contributed by atoms with E-state index in [1.807, 2.05) is 82.3 Å². The minimum atomic E-state index is -0.919. The summed E-state index contributed by atoms with van der Waals surface area (Å²) >= 11 is 0. The zero-order valence-electron chi connectivity index (χ0n) is 26.4. The van der Waals surface area contributed by atoms with Crippen molar-refractivity contribution in [3.8, 4) is 0 Å². The van der Waals surface area contributed by atoms with Crippen molar-refractivity contribution in [3.05, 3.63) is 71.3 Å². The maximum Gasteiger partial charge on any atom is 0.408 e. The molecule has 0 bridgehead atoms. The molecular weight excluding hydrogens is 514 g/mol. The van der Waals surface area contributed by atoms with Crippen LogP contribution in [0.4, 0.5) is 4.79 Å². The normalized spacial score (nSPS) is 13.2. The number of ether oxygens (including phenoxy) is 1. The quantitative estimate of drug-likeness (QED) is 0.259. The fraction of sp³-hybridized carbons (Fsp3) is 0.559. The molecule has 226 valence electrons. The summed E-state index contributed by atoms with van der Waals surface area (Å²) in [6, 6.07) is 15.5. The first-order valence-electron chi connectivity index (χ1n) is 14.9. The summed E-state index contributed by atoms with van der Waals surface area (Å²) in [5.41, 5.74) is 1.42. The lowest BCUT2D eigenvalue weighted by Gasteiger charge is -2.36. The van der Waals surface area contributed by atoms with Crippen molar-refractivity contribution in [1.82, 2.24) is 15.5 Å². The van der Waals surface area contributed by atoms with Crippen LogP contribution in [0.5, 0.6) is 0 Å². The summed E-state index contributed by atoms with van der Waals surface area (Å²) in [6.45, 7) is 15.7. The lowest BCUT2D eigenvalue weighted by molar-refractivity contribution is -0.143. The van der Waals surface area contributed by atoms with Gasteiger partial charge in [-0.25, -0.2) is 4.79 Å². The molecule has 0 radical (unpaired) electrons. The zero-order chi connectivity index (χ0) is 30.6. The molecule has 0 saturated carbocycles. The van der Waals surface area contributed by atoms with Crippen LogP contribution in [0.3, 0.4) is 0 Å². The van der Waals surface area contributed by atoms with Gasteiger partial charge < -0.3 is 20.3 Å². The lowest BCUT2D eigenvalue weighted by atomic mass is 9.97. The molecule has 2 atom stereocenters. The number of alkyl carbamates (subject to hydrolysis) is 1. The molecule has 2 unspecified atom stereocenters. The summed E-state index contributed by atoms with van der Waals surface area (Å²) in [5, 5.41) is 5.93. The highest BCUT2D eigenvalue weighted by atomic mass is 16.6. The topological polar surface area (TPSA) is 87.7 Å². The standard InChI is InChI=1S/C34H51N3O4/c1-9-10-11-12-16-22-37(29(30(38)36-33(3,4)5)27-21-17-18-25(2)23-27)31(39)28(24-26-19-14-13-15-20-26)35-32(40)41-34(6,7)8/h13-15,17-21,23,28-29H,9-12,16,22,24H2,1-8H3,(H,35,40)(H,36,38). The predicted molar refractivity (Wildman–Crippen MR) is 166 cm³/mol. The molecule has 2 aromatic carbocycles. The fourth-order valence-electron chi connectivity index (χ4n) is 4.70. The fourth-order valence-corrected chi connectivity index (χ4v) is 4.70. The van der Waals surface area contributed by atoms with Crippen molar-refractivity contribution < 1.29 is 19.1 Å². The Morgan fingerprint density at radius 3 is 2.12 bits per heavy atom. The van der Waals surface area contributed by atoms with E-state index < -0.39 is 29.3 Å². The molecule has 0 aromatic heterocycles. The number of unbranched alkanes of at least 4 members (excludes halogenated alkanes) is 4. The van der Waals surface area contributed by atoms with Gasteiger partial charge >= 0.3 is 6.09 Å². The summed E-state index contributed by atoms with van der Waals surface area (Å²) < 4.78 is 5.54. The van der Waals surface area contributed by atoms with Gasteiger partial charge in [0, 0.05) is 18.5 Å². The van der Waals surface area contributed by atoms with Gasteiger partial charge in [0.2, 0.25) is 11.8 Å². The van der Waals surface area contributed by atoms with Crippen LogP contribution in [0.2, 0.25) is 0 Å². The molecule has 0 heterocycles. The van der Waals surface area contributed by atoms with E-state index in [1.54, 1.807) is 25.7 Å². The molecule has 0 spiro atoms. The molecule has 2 aromatic rings. The number of carbonyl (C=O) groups excluding carboxylic acids is 3. The van der Waals surface area contributed by atoms with E-state index in [9.17, 15) is 14.4 Å². The van der Waals surface area contributed by atoms with Gasteiger partial charge in [0.15, 0.2) is 0 Å². The molecule has 2 rings (SSSR count). The van der Waals surface area contributed by atoms with E-state index in [0.717, 1.165) is 48.8 Å². The molecule has 7 nitrogen and oxygen atoms in total. The van der Waals surface area contributed by atoms with Crippen LogP contribution < -0.4 is 10.6 Å². The number of amides is 3. The Labute approximate surface area is 247 Å². The molecule has 7 heteroatoms. The SMILES string of the molecule is CCCCCCCN(C(=O)C(Cc1ccccc1)NC(=O)OC(C)(C)C)C(C(=O)NC(C)(C)C)c1cccc(C)c1. The first-order chi connectivity index (χ1) is 19.2. The smallest absolute Gasteiger partial charge is 0.408 e. The Morgan fingerprint density at radius 1 is 0.878 bits per heavy atom. The summed E-state index contributed by atoms with van der Waals surface area (Å²) in [5.74, 6) is -0.563. The van der Waals surface area contributed by atoms with Gasteiger partial charge in [0.1, 0.15) is 17.7 Å². The van der Waals surface area contributed by atoms with Crippen molar-refractivity contribution in [3.63, 3.8) is 0 Å². The van der Waals surface area contributed by atoms with E-state index in [4.69, 9.17) is 4.74 Å². The van der Waals surface area contributed by atoms with Crippen molar-refractivity contribution in [2.45, 2.75) is 117 Å². The Balaban J connectivity index is 2.55. The number of aryl methyl sites for hydroxylation is 1. The Morgan fingerprint density at radius 2 is 1.54 bits per heavy atom. The minimum absolute atomic E-state index is 0.249. The molecule has 2 N–H and O–H groups in total. The second-order valence-electron chi connectivity index (χ2n) is 12.9. The monoisotopic (exact) mass is 565 g/mol. The van der Waals surface area contributed by atoms with Gasteiger partial charge in [-0.1, -0.05) is 92.8 Å². The molecule has 0 saturated heterocycles. The van der Waals surface area contributed by atoms with Gasteiger partial charge in [-0.05, 0) is 66.0 Å². The van der Waals surface area contributed by atoms with E-state index in [2.05, 4.69) is 17.6 Å². The highest BCUT2D eigenvalue weighted by Crippen LogP contribution is 2.26. The Hall–Kier alpha value is -3.35. The van der Waals surface area contributed by atoms with Crippen molar-refractivity contribution in [2.24, 2.45) is 0 Å². The third kappa shape index (κ3) is 12.4. The van der Waals surface area contributed by atoms with E-state index in [1.165, 1.54) is 0 Å². The van der Waals surface area contributed by atoms with Crippen molar-refractivity contribution >= 4 is 17.9 Å². The average molecular weight is 566 g/mol. The molecule has 41 heavy (non-hydrogen) atoms. The number of hydrogen-bond donors (Lipinski definition) is 2. The first-order valence-corrected chi connectivity index (χ1v) is 14.9. The number of nitrogens with zero attached hydrogens (tertiary/aromatic N) is 1. The van der Waals surface area contributed by atoms with Crippen LogP contribution in [-0.2, 0) is 20.7 Å². The second kappa shape index (κ2) is 15.6. The number of carbonyl (C=O) groups is 3. The van der Waals surface area contributed by atoms with Crippen LogP contribution in [0.25, 0.3) is 0 Å². The largest absolute Gasteiger partial charge is 0.444 e. The number of rotatable bonds is 13. The van der Waals surface area contributed by atoms with E-state index >= 15 is 0 Å². The van der Waals surface area contributed by atoms with Crippen LogP contribution in [0.1, 0.15) is 103 Å². The third-order valence-electron chi connectivity index (χ3n) is 6.47. The van der Waals surface area contributed by atoms with E-state index in [0.29, 0.717) is 6.54 Å². The molecule has 3 amide bonds. The van der Waals surface area contributed by atoms with E-state index in [-0.39, 0.29) is 18.2 Å². The van der Waals surface area contributed by atoms with Crippen molar-refractivity contribution in [1.29, 1.82) is 0 Å². The highest BCUT2D eigenvalue weighted by molar-refractivity contribution is 5.92. The van der Waals surface area contributed by atoms with Crippen LogP contribution in [0.15, 0.2) is 54.6 Å². The molecule has 0 aliphatic heterocycles. The number of nitrogens with one attached hydrogen (secondary N) is 2. The Bertz CT molecular complexity index is 1120. The van der Waals surface area contributed by atoms with Crippen molar-refractivity contribution in [2.75, 3.05) is 6.54 Å². The maximum atomic E-state index is 14.5. The lowest BCUT2D eigenvalue weighted by Crippen LogP contribution is -2.55. The highest BCUT2D eigenvalue weighted by Gasteiger charge is 2.37. The predicted octanol–water partition coefficient (Wildman–Crippen LogP) is 6.89. The molecule has 0 aliphatic rings. The van der Waals surface area contributed by atoms with Gasteiger partial charge in [-0.15, -0.1) is 0 Å². The number of hydrogen-bond acceptors (Lipinski definition) is 4. The average Bonchev–Trinajstić information content (AvgIpc) is 2.85. The molecule has 0 aliphatic carbocycles. The second-order valence-corrected chi connectivity index (χ2v) is 12.9. The zero-order valence-corrected chi connectivity index (χ0v) is 26.4. The van der Waals surface area contributed by atoms with Crippen LogP contribution in [-0.4, -0.2) is 46.5 Å². The van der Waals surface area contributed by atoms with Gasteiger partial charge in [0.05, 0.1) is 0 Å². The summed E-state index contributed by atoms with van der Waals surface area (Å²) in [6.07, 6.45) is 4.60. The Kier molecular flexibility index (Phi) is 12.9. The van der Waals surface area contributed by atoms with Crippen LogP contribution in [0, 0.1) is 6.92 Å². The van der Waals surface area contributed by atoms with Gasteiger partial charge in [0.25, 0.3) is 0 Å². The minimum Gasteiger partial charge on any atom is -0.444 e. The summed E-state index contributed by atoms with van der Waals surface area (Å²) in [7, 11) is 0. The van der Waals surface area contributed by atoms with Gasteiger partial charge in [-0.2, -0.15) is 0 Å².